The molecule has 0 heterocycles. The van der Waals surface area contributed by atoms with Crippen LogP contribution < -0.4 is 16.0 Å². The fourth-order valence-corrected chi connectivity index (χ4v) is 5.01. The van der Waals surface area contributed by atoms with E-state index < -0.39 is 29.7 Å². The molecule has 1 aliphatic rings. The van der Waals surface area contributed by atoms with Crippen molar-refractivity contribution >= 4 is 11.7 Å². The zero-order valence-electron chi connectivity index (χ0n) is 21.1. The molecule has 0 saturated heterocycles. The Kier molecular flexibility index (Phi) is 9.25. The molecule has 4 N–H and O–H groups in total. The highest BCUT2D eigenvalue weighted by molar-refractivity contribution is 5.89. The lowest BCUT2D eigenvalue weighted by molar-refractivity contribution is 0.102. The first-order valence-corrected chi connectivity index (χ1v) is 13.0. The van der Waals surface area contributed by atoms with Crippen LogP contribution in [0.25, 0.3) is 0 Å². The molecule has 0 radical (unpaired) electrons. The third kappa shape index (κ3) is 7.60. The van der Waals surface area contributed by atoms with E-state index in [1.54, 1.807) is 12.1 Å². The van der Waals surface area contributed by atoms with Crippen LogP contribution in [0.5, 0.6) is 0 Å². The van der Waals surface area contributed by atoms with Gasteiger partial charge in [0.15, 0.2) is 0 Å². The van der Waals surface area contributed by atoms with Gasteiger partial charge in [0, 0.05) is 36.8 Å². The summed E-state index contributed by atoms with van der Waals surface area (Å²) in [5.41, 5.74) is 4.98. The molecule has 0 aliphatic heterocycles. The number of benzene rings is 3. The quantitative estimate of drug-likeness (QED) is 0.291. The summed E-state index contributed by atoms with van der Waals surface area (Å²) in [4.78, 5) is 12.5. The number of fused-ring (bicyclic) bond motifs is 1. The molecule has 3 aromatic carbocycles. The summed E-state index contributed by atoms with van der Waals surface area (Å²) in [7, 11) is 0. The Hall–Kier alpha value is -3.29. The fourth-order valence-electron chi connectivity index (χ4n) is 5.01. The van der Waals surface area contributed by atoms with Gasteiger partial charge in [0.05, 0.1) is 6.10 Å². The summed E-state index contributed by atoms with van der Waals surface area (Å²) in [6, 6.07) is 18.8. The molecule has 37 heavy (non-hydrogen) atoms. The highest BCUT2D eigenvalue weighted by atomic mass is 19.1. The lowest BCUT2D eigenvalue weighted by Crippen LogP contribution is -2.43. The Labute approximate surface area is 217 Å². The first-order valence-electron chi connectivity index (χ1n) is 13.0. The van der Waals surface area contributed by atoms with Crippen LogP contribution in [0.15, 0.2) is 66.7 Å². The van der Waals surface area contributed by atoms with E-state index in [9.17, 15) is 18.7 Å². The Balaban J connectivity index is 1.43. The van der Waals surface area contributed by atoms with Gasteiger partial charge in [-0.25, -0.2) is 13.6 Å². The number of carbonyl (C=O) groups is 1. The third-order valence-corrected chi connectivity index (χ3v) is 7.03. The maximum absolute atomic E-state index is 13.8. The van der Waals surface area contributed by atoms with Gasteiger partial charge in [-0.05, 0) is 78.6 Å². The van der Waals surface area contributed by atoms with Crippen molar-refractivity contribution in [1.82, 2.24) is 10.6 Å². The molecule has 0 saturated carbocycles. The molecule has 0 spiro atoms. The standard InChI is InChI=1S/C30H35F2N3O2/c1-2-20-11-12-22-7-6-10-28(27(22)16-20)33-19-29(36)23(13-21-14-24(31)17-25(32)15-21)18-34-30(37)35-26-8-4-3-5-9-26/h3-5,8-9,11-12,14-17,23,28-29,33,36H,2,6-7,10,13,18-19H2,1H3,(H2,34,35,37). The van der Waals surface area contributed by atoms with Gasteiger partial charge in [-0.1, -0.05) is 43.3 Å². The number of urea groups is 1. The number of carbonyl (C=O) groups excluding carboxylic acids is 1. The molecule has 3 atom stereocenters. The van der Waals surface area contributed by atoms with E-state index in [0.717, 1.165) is 31.7 Å². The molecule has 1 aliphatic carbocycles. The zero-order chi connectivity index (χ0) is 26.2. The van der Waals surface area contributed by atoms with Crippen molar-refractivity contribution in [2.45, 2.75) is 51.2 Å². The van der Waals surface area contributed by atoms with Crippen molar-refractivity contribution in [3.8, 4) is 0 Å². The molecule has 0 fully saturated rings. The summed E-state index contributed by atoms with van der Waals surface area (Å²) >= 11 is 0. The smallest absolute Gasteiger partial charge is 0.319 e. The molecule has 196 valence electrons. The molecule has 0 bridgehead atoms. The number of para-hydroxylation sites is 1. The first-order chi connectivity index (χ1) is 17.9. The zero-order valence-corrected chi connectivity index (χ0v) is 21.1. The Morgan fingerprint density at radius 2 is 1.76 bits per heavy atom. The van der Waals surface area contributed by atoms with Crippen LogP contribution in [0.4, 0.5) is 19.3 Å². The maximum Gasteiger partial charge on any atom is 0.319 e. The van der Waals surface area contributed by atoms with Crippen LogP contribution in [-0.4, -0.2) is 30.3 Å². The number of aliphatic hydroxyl groups excluding tert-OH is 1. The van der Waals surface area contributed by atoms with Crippen LogP contribution >= 0.6 is 0 Å². The van der Waals surface area contributed by atoms with Crippen LogP contribution in [0.1, 0.15) is 48.1 Å². The van der Waals surface area contributed by atoms with Crippen molar-refractivity contribution in [1.29, 1.82) is 0 Å². The van der Waals surface area contributed by atoms with E-state index in [4.69, 9.17) is 0 Å². The summed E-state index contributed by atoms with van der Waals surface area (Å²) in [6.45, 7) is 2.57. The minimum absolute atomic E-state index is 0.131. The fraction of sp³-hybridized carbons (Fsp3) is 0.367. The number of rotatable bonds is 10. The third-order valence-electron chi connectivity index (χ3n) is 7.03. The van der Waals surface area contributed by atoms with Crippen molar-refractivity contribution < 1.29 is 18.7 Å². The van der Waals surface area contributed by atoms with Crippen LogP contribution in [-0.2, 0) is 19.3 Å². The number of hydrogen-bond acceptors (Lipinski definition) is 3. The molecule has 2 amide bonds. The second-order valence-corrected chi connectivity index (χ2v) is 9.75. The second kappa shape index (κ2) is 12.8. The number of nitrogens with one attached hydrogen (secondary N) is 3. The van der Waals surface area contributed by atoms with E-state index >= 15 is 0 Å². The molecule has 3 aromatic rings. The lowest BCUT2D eigenvalue weighted by atomic mass is 9.86. The molecule has 5 nitrogen and oxygen atoms in total. The Morgan fingerprint density at radius 3 is 2.49 bits per heavy atom. The van der Waals surface area contributed by atoms with Crippen molar-refractivity contribution in [2.75, 3.05) is 18.4 Å². The molecular weight excluding hydrogens is 472 g/mol. The Bertz CT molecular complexity index is 1170. The Morgan fingerprint density at radius 1 is 1.00 bits per heavy atom. The number of hydrogen-bond donors (Lipinski definition) is 4. The van der Waals surface area contributed by atoms with Gasteiger partial charge in [0.1, 0.15) is 11.6 Å². The highest BCUT2D eigenvalue weighted by Gasteiger charge is 2.25. The van der Waals surface area contributed by atoms with E-state index in [1.807, 2.05) is 18.2 Å². The summed E-state index contributed by atoms with van der Waals surface area (Å²) < 4.78 is 27.7. The van der Waals surface area contributed by atoms with Gasteiger partial charge >= 0.3 is 6.03 Å². The second-order valence-electron chi connectivity index (χ2n) is 9.75. The average Bonchev–Trinajstić information content (AvgIpc) is 2.89. The molecule has 4 rings (SSSR count). The van der Waals surface area contributed by atoms with E-state index in [0.29, 0.717) is 17.8 Å². The van der Waals surface area contributed by atoms with Crippen LogP contribution in [0.2, 0.25) is 0 Å². The predicted octanol–water partition coefficient (Wildman–Crippen LogP) is 5.54. The van der Waals surface area contributed by atoms with Crippen LogP contribution in [0, 0.1) is 17.6 Å². The normalized spacial score (nSPS) is 16.5. The van der Waals surface area contributed by atoms with E-state index in [2.05, 4.69) is 41.1 Å². The van der Waals surface area contributed by atoms with E-state index in [-0.39, 0.29) is 19.0 Å². The number of anilines is 1. The first kappa shape index (κ1) is 26.8. The average molecular weight is 508 g/mol. The van der Waals surface area contributed by atoms with Gasteiger partial charge < -0.3 is 21.1 Å². The summed E-state index contributed by atoms with van der Waals surface area (Å²) in [5, 5.41) is 20.2. The van der Waals surface area contributed by atoms with E-state index in [1.165, 1.54) is 28.8 Å². The van der Waals surface area contributed by atoms with Crippen molar-refractivity contribution in [2.24, 2.45) is 5.92 Å². The minimum atomic E-state index is -0.844. The number of aryl methyl sites for hydroxylation is 2. The number of aliphatic hydroxyl groups is 1. The molecule has 3 unspecified atom stereocenters. The number of amides is 2. The SMILES string of the molecule is CCc1ccc2c(c1)C(NCC(O)C(CNC(=O)Nc1ccccc1)Cc1cc(F)cc(F)c1)CCC2. The summed E-state index contributed by atoms with van der Waals surface area (Å²) in [5.74, 6) is -1.79. The highest BCUT2D eigenvalue weighted by Crippen LogP contribution is 2.31. The monoisotopic (exact) mass is 507 g/mol. The van der Waals surface area contributed by atoms with Gasteiger partial charge in [-0.15, -0.1) is 0 Å². The topological polar surface area (TPSA) is 73.4 Å². The van der Waals surface area contributed by atoms with Gasteiger partial charge in [0.2, 0.25) is 0 Å². The number of halogens is 2. The lowest BCUT2D eigenvalue weighted by Gasteiger charge is -2.30. The molecular formula is C30H35F2N3O2. The van der Waals surface area contributed by atoms with Gasteiger partial charge in [0.25, 0.3) is 0 Å². The van der Waals surface area contributed by atoms with Crippen molar-refractivity contribution in [3.63, 3.8) is 0 Å². The van der Waals surface area contributed by atoms with Crippen molar-refractivity contribution in [3.05, 3.63) is 101 Å². The predicted molar refractivity (Wildman–Crippen MR) is 143 cm³/mol. The van der Waals surface area contributed by atoms with Crippen LogP contribution in [0.3, 0.4) is 0 Å². The maximum atomic E-state index is 13.8. The van der Waals surface area contributed by atoms with Gasteiger partial charge in [-0.2, -0.15) is 0 Å². The minimum Gasteiger partial charge on any atom is -0.391 e. The van der Waals surface area contributed by atoms with Gasteiger partial charge in [-0.3, -0.25) is 0 Å². The molecule has 7 heteroatoms. The largest absolute Gasteiger partial charge is 0.391 e. The molecule has 0 aromatic heterocycles. The summed E-state index contributed by atoms with van der Waals surface area (Å²) in [6.07, 6.45) is 3.43.